The van der Waals surface area contributed by atoms with Crippen molar-refractivity contribution >= 4 is 34.1 Å². The number of fused-ring (bicyclic) bond motifs is 1. The molecular weight excluding hydrogens is 478 g/mol. The summed E-state index contributed by atoms with van der Waals surface area (Å²) in [5.74, 6) is 1.84. The lowest BCUT2D eigenvalue weighted by Crippen LogP contribution is -2.12. The Labute approximate surface area is 220 Å². The Morgan fingerprint density at radius 2 is 1.58 bits per heavy atom. The number of benzene rings is 3. The zero-order valence-electron chi connectivity index (χ0n) is 20.9. The molecule has 5 N–H and O–H groups in total. The number of nitrogens with zero attached hydrogens (tertiary/aromatic N) is 4. The maximum absolute atomic E-state index is 12.3. The normalized spacial score (nSPS) is 10.9. The maximum atomic E-state index is 12.3. The van der Waals surface area contributed by atoms with Crippen LogP contribution in [0.3, 0.4) is 0 Å². The van der Waals surface area contributed by atoms with E-state index in [0.717, 1.165) is 47.4 Å². The maximum Gasteiger partial charge on any atom is 0.224 e. The molecule has 0 unspecified atom stereocenters. The van der Waals surface area contributed by atoms with Crippen molar-refractivity contribution in [3.05, 3.63) is 85.2 Å². The van der Waals surface area contributed by atoms with Crippen LogP contribution in [0.1, 0.15) is 25.7 Å². The molecule has 0 aliphatic heterocycles. The number of nitrogens with two attached hydrogens (primary N) is 2. The number of para-hydroxylation sites is 3. The van der Waals surface area contributed by atoms with Gasteiger partial charge in [0.15, 0.2) is 5.65 Å². The van der Waals surface area contributed by atoms with Crippen LogP contribution < -0.4 is 21.5 Å². The zero-order chi connectivity index (χ0) is 26.3. The smallest absolute Gasteiger partial charge is 0.224 e. The van der Waals surface area contributed by atoms with Crippen LogP contribution in [-0.4, -0.2) is 25.7 Å². The second-order valence-corrected chi connectivity index (χ2v) is 8.91. The third-order valence-corrected chi connectivity index (χ3v) is 6.17. The van der Waals surface area contributed by atoms with E-state index in [2.05, 4.69) is 15.3 Å². The summed E-state index contributed by atoms with van der Waals surface area (Å²) in [4.78, 5) is 20.9. The number of hydrogen-bond acceptors (Lipinski definition) is 7. The predicted molar refractivity (Wildman–Crippen MR) is 150 cm³/mol. The molecule has 2 heterocycles. The minimum Gasteiger partial charge on any atom is -0.457 e. The summed E-state index contributed by atoms with van der Waals surface area (Å²) in [5, 5.41) is 8.43. The number of rotatable bonds is 10. The topological polar surface area (TPSA) is 134 Å². The second kappa shape index (κ2) is 11.4. The number of carbonyl (C=O) groups excluding carboxylic acids is 1. The van der Waals surface area contributed by atoms with Crippen LogP contribution in [0.2, 0.25) is 0 Å². The fourth-order valence-electron chi connectivity index (χ4n) is 4.24. The van der Waals surface area contributed by atoms with Crippen molar-refractivity contribution < 1.29 is 9.53 Å². The highest BCUT2D eigenvalue weighted by atomic mass is 16.5. The van der Waals surface area contributed by atoms with Gasteiger partial charge in [0.2, 0.25) is 5.91 Å². The number of carbonyl (C=O) groups is 1. The molecule has 5 rings (SSSR count). The molecule has 192 valence electrons. The summed E-state index contributed by atoms with van der Waals surface area (Å²) in [6.07, 6.45) is 4.33. The summed E-state index contributed by atoms with van der Waals surface area (Å²) < 4.78 is 7.77. The molecule has 1 amide bonds. The van der Waals surface area contributed by atoms with E-state index < -0.39 is 0 Å². The van der Waals surface area contributed by atoms with Gasteiger partial charge in [-0.2, -0.15) is 5.10 Å². The van der Waals surface area contributed by atoms with Crippen LogP contribution in [0.4, 0.5) is 17.2 Å². The Balaban J connectivity index is 1.22. The van der Waals surface area contributed by atoms with Crippen molar-refractivity contribution in [3.8, 4) is 22.8 Å². The number of aryl methyl sites for hydroxylation is 1. The number of unbranched alkanes of at least 4 members (excludes halogenated alkanes) is 2. The summed E-state index contributed by atoms with van der Waals surface area (Å²) in [6, 6.07) is 24.6. The molecule has 0 aliphatic rings. The van der Waals surface area contributed by atoms with Crippen LogP contribution >= 0.6 is 0 Å². The number of hydrogen-bond donors (Lipinski definition) is 3. The summed E-state index contributed by atoms with van der Waals surface area (Å²) in [6.45, 7) is 0.648. The molecule has 9 heteroatoms. The largest absolute Gasteiger partial charge is 0.457 e. The molecule has 0 atom stereocenters. The highest BCUT2D eigenvalue weighted by Crippen LogP contribution is 2.32. The van der Waals surface area contributed by atoms with Gasteiger partial charge >= 0.3 is 0 Å². The fourth-order valence-corrected chi connectivity index (χ4v) is 4.24. The van der Waals surface area contributed by atoms with E-state index >= 15 is 0 Å². The van der Waals surface area contributed by atoms with Crippen LogP contribution in [-0.2, 0) is 11.3 Å². The average molecular weight is 508 g/mol. The van der Waals surface area contributed by atoms with Gasteiger partial charge in [-0.3, -0.25) is 4.79 Å². The van der Waals surface area contributed by atoms with E-state index in [-0.39, 0.29) is 5.91 Å². The lowest BCUT2D eigenvalue weighted by atomic mass is 10.1. The Morgan fingerprint density at radius 1 is 0.842 bits per heavy atom. The molecule has 0 spiro atoms. The van der Waals surface area contributed by atoms with Crippen LogP contribution in [0.5, 0.6) is 11.5 Å². The van der Waals surface area contributed by atoms with Crippen molar-refractivity contribution in [2.45, 2.75) is 32.2 Å². The van der Waals surface area contributed by atoms with Gasteiger partial charge < -0.3 is 21.5 Å². The molecule has 0 fully saturated rings. The molecule has 0 saturated carbocycles. The highest BCUT2D eigenvalue weighted by molar-refractivity contribution is 5.98. The molecule has 0 aliphatic carbocycles. The monoisotopic (exact) mass is 507 g/mol. The first-order chi connectivity index (χ1) is 18.6. The van der Waals surface area contributed by atoms with Crippen molar-refractivity contribution in [2.75, 3.05) is 16.8 Å². The number of amides is 1. The van der Waals surface area contributed by atoms with Gasteiger partial charge in [0.1, 0.15) is 29.3 Å². The highest BCUT2D eigenvalue weighted by Gasteiger charge is 2.17. The van der Waals surface area contributed by atoms with Gasteiger partial charge in [-0.1, -0.05) is 36.8 Å². The zero-order valence-corrected chi connectivity index (χ0v) is 20.9. The van der Waals surface area contributed by atoms with Gasteiger partial charge in [-0.15, -0.1) is 0 Å². The number of nitrogens with one attached hydrogen (secondary N) is 1. The quantitative estimate of drug-likeness (QED) is 0.164. The molecular formula is C29H29N7O2. The first-order valence-corrected chi connectivity index (χ1v) is 12.5. The minimum atomic E-state index is -0.0464. The van der Waals surface area contributed by atoms with Gasteiger partial charge in [-0.25, -0.2) is 14.6 Å². The second-order valence-electron chi connectivity index (χ2n) is 8.91. The van der Waals surface area contributed by atoms with Gasteiger partial charge in [-0.05, 0) is 61.4 Å². The molecule has 5 aromatic rings. The molecule has 0 bridgehead atoms. The SMILES string of the molecule is Nc1ccccc1NC(=O)CCCCCn1nc(-c2ccc(Oc3ccccc3)cc2)c2c(N)ncnc21. The van der Waals surface area contributed by atoms with Crippen molar-refractivity contribution in [1.29, 1.82) is 0 Å². The number of nitrogen functional groups attached to an aromatic ring is 2. The van der Waals surface area contributed by atoms with E-state index in [4.69, 9.17) is 21.3 Å². The Bertz CT molecular complexity index is 1530. The molecule has 2 aromatic heterocycles. The van der Waals surface area contributed by atoms with Gasteiger partial charge in [0.25, 0.3) is 0 Å². The number of aromatic nitrogens is 4. The van der Waals surface area contributed by atoms with Crippen molar-refractivity contribution in [1.82, 2.24) is 19.7 Å². The number of ether oxygens (including phenoxy) is 1. The summed E-state index contributed by atoms with van der Waals surface area (Å²) >= 11 is 0. The van der Waals surface area contributed by atoms with Crippen molar-refractivity contribution in [3.63, 3.8) is 0 Å². The Kier molecular flexibility index (Phi) is 7.44. The Hall–Kier alpha value is -4.92. The van der Waals surface area contributed by atoms with Crippen molar-refractivity contribution in [2.24, 2.45) is 0 Å². The molecule has 3 aromatic carbocycles. The third kappa shape index (κ3) is 5.73. The van der Waals surface area contributed by atoms with Gasteiger partial charge in [0.05, 0.1) is 16.8 Å². The van der Waals surface area contributed by atoms with Crippen LogP contribution in [0.25, 0.3) is 22.3 Å². The summed E-state index contributed by atoms with van der Waals surface area (Å²) in [5.41, 5.74) is 15.7. The number of anilines is 3. The van der Waals surface area contributed by atoms with Crippen LogP contribution in [0, 0.1) is 0 Å². The lowest BCUT2D eigenvalue weighted by Gasteiger charge is -2.08. The van der Waals surface area contributed by atoms with E-state index in [1.165, 1.54) is 6.33 Å². The molecule has 0 saturated heterocycles. The fraction of sp³-hybridized carbons (Fsp3) is 0.172. The molecule has 9 nitrogen and oxygen atoms in total. The average Bonchev–Trinajstić information content (AvgIpc) is 3.31. The Morgan fingerprint density at radius 3 is 2.37 bits per heavy atom. The van der Waals surface area contributed by atoms with Gasteiger partial charge in [0, 0.05) is 18.5 Å². The van der Waals surface area contributed by atoms with E-state index in [1.54, 1.807) is 12.1 Å². The summed E-state index contributed by atoms with van der Waals surface area (Å²) in [7, 11) is 0. The minimum absolute atomic E-state index is 0.0464. The lowest BCUT2D eigenvalue weighted by molar-refractivity contribution is -0.116. The van der Waals surface area contributed by atoms with E-state index in [9.17, 15) is 4.79 Å². The molecule has 38 heavy (non-hydrogen) atoms. The first kappa shape index (κ1) is 24.8. The standard InChI is InChI=1S/C29H29N7O2/c30-23-11-6-7-12-24(23)34-25(37)13-5-2-8-18-36-29-26(28(31)32-19-33-29)27(35-36)20-14-16-22(17-15-20)38-21-9-3-1-4-10-21/h1,3-4,6-7,9-12,14-17,19H,2,5,8,13,18,30H2,(H,34,37)(H2,31,32,33). The predicted octanol–water partition coefficient (Wildman–Crippen LogP) is 5.65. The van der Waals surface area contributed by atoms with E-state index in [1.807, 2.05) is 71.4 Å². The van der Waals surface area contributed by atoms with E-state index in [0.29, 0.717) is 35.8 Å². The third-order valence-electron chi connectivity index (χ3n) is 6.17. The molecule has 0 radical (unpaired) electrons. The first-order valence-electron chi connectivity index (χ1n) is 12.5. The van der Waals surface area contributed by atoms with Crippen LogP contribution in [0.15, 0.2) is 85.2 Å².